The highest BCUT2D eigenvalue weighted by molar-refractivity contribution is 7.91. The summed E-state index contributed by atoms with van der Waals surface area (Å²) >= 11 is 0. The lowest BCUT2D eigenvalue weighted by molar-refractivity contribution is -0.117. The fraction of sp³-hybridized carbons (Fsp3) is 0.286. The fourth-order valence-electron chi connectivity index (χ4n) is 3.28. The molecule has 0 bridgehead atoms. The van der Waals surface area contributed by atoms with Crippen LogP contribution in [0.15, 0.2) is 47.4 Å². The number of benzene rings is 2. The van der Waals surface area contributed by atoms with Crippen molar-refractivity contribution in [3.05, 3.63) is 53.6 Å². The molecule has 0 fully saturated rings. The molecule has 0 radical (unpaired) electrons. The number of ketones is 1. The molecule has 0 unspecified atom stereocenters. The van der Waals surface area contributed by atoms with Gasteiger partial charge in [0.05, 0.1) is 10.6 Å². The van der Waals surface area contributed by atoms with Crippen LogP contribution < -0.4 is 10.2 Å². The number of rotatable bonds is 6. The number of hydrogen-bond acceptors (Lipinski definition) is 5. The Balaban J connectivity index is 1.66. The first-order chi connectivity index (χ1) is 13.7. The van der Waals surface area contributed by atoms with Crippen LogP contribution in [-0.4, -0.2) is 38.3 Å². The number of sulfone groups is 1. The molecule has 0 aromatic heterocycles. The number of nitrogens with zero attached hydrogens (tertiary/aromatic N) is 1. The van der Waals surface area contributed by atoms with Crippen molar-refractivity contribution in [1.82, 2.24) is 0 Å². The molecule has 0 saturated heterocycles. The lowest BCUT2D eigenvalue weighted by atomic mass is 10.1. The molecule has 1 heterocycles. The van der Waals surface area contributed by atoms with E-state index in [2.05, 4.69) is 5.32 Å². The zero-order chi connectivity index (χ0) is 21.2. The maximum Gasteiger partial charge on any atom is 0.225 e. The number of anilines is 2. The second-order valence-electron chi connectivity index (χ2n) is 6.97. The zero-order valence-electron chi connectivity index (χ0n) is 16.3. The van der Waals surface area contributed by atoms with E-state index < -0.39 is 15.7 Å². The van der Waals surface area contributed by atoms with Crippen LogP contribution in [0.3, 0.4) is 0 Å². The lowest BCUT2D eigenvalue weighted by Gasteiger charge is -2.15. The van der Waals surface area contributed by atoms with Crippen molar-refractivity contribution in [2.45, 2.75) is 31.6 Å². The first kappa shape index (κ1) is 20.7. The smallest absolute Gasteiger partial charge is 0.225 e. The number of fused-ring (bicyclic) bond motifs is 1. The summed E-state index contributed by atoms with van der Waals surface area (Å²) in [5.74, 6) is -0.979. The number of Topliss-reactive ketones (excluding diaryl/α,β-unsaturated/α-hetero) is 1. The second-order valence-corrected chi connectivity index (χ2v) is 9.07. The zero-order valence-corrected chi connectivity index (χ0v) is 17.1. The third-order valence-corrected chi connectivity index (χ3v) is 6.55. The van der Waals surface area contributed by atoms with Gasteiger partial charge in [0.1, 0.15) is 0 Å². The van der Waals surface area contributed by atoms with Crippen LogP contribution >= 0.6 is 0 Å². The normalized spacial score (nSPS) is 13.1. The highest BCUT2D eigenvalue weighted by atomic mass is 32.2. The minimum atomic E-state index is -3.65. The van der Waals surface area contributed by atoms with Gasteiger partial charge in [-0.2, -0.15) is 0 Å². The summed E-state index contributed by atoms with van der Waals surface area (Å²) < 4.78 is 25.3. The molecule has 7 nitrogen and oxygen atoms in total. The van der Waals surface area contributed by atoms with Crippen LogP contribution in [0.5, 0.6) is 0 Å². The number of nitrogens with one attached hydrogen (secondary N) is 1. The van der Waals surface area contributed by atoms with Crippen molar-refractivity contribution in [2.24, 2.45) is 0 Å². The highest BCUT2D eigenvalue weighted by Gasteiger charge is 2.25. The largest absolute Gasteiger partial charge is 0.326 e. The van der Waals surface area contributed by atoms with E-state index in [1.165, 1.54) is 19.9 Å². The van der Waals surface area contributed by atoms with Gasteiger partial charge in [0.15, 0.2) is 15.6 Å². The van der Waals surface area contributed by atoms with Crippen LogP contribution in [0.1, 0.15) is 36.2 Å². The molecule has 0 atom stereocenters. The Morgan fingerprint density at radius 2 is 1.83 bits per heavy atom. The molecular weight excluding hydrogens is 392 g/mol. The maximum atomic E-state index is 12.6. The summed E-state index contributed by atoms with van der Waals surface area (Å²) in [5.41, 5.74) is 2.46. The molecule has 152 valence electrons. The maximum absolute atomic E-state index is 12.6. The number of hydrogen-bond donors (Lipinski definition) is 1. The Kier molecular flexibility index (Phi) is 5.83. The van der Waals surface area contributed by atoms with E-state index >= 15 is 0 Å². The van der Waals surface area contributed by atoms with Gasteiger partial charge in [-0.05, 0) is 49.2 Å². The van der Waals surface area contributed by atoms with Crippen molar-refractivity contribution >= 4 is 38.8 Å². The molecule has 1 N–H and O–H groups in total. The van der Waals surface area contributed by atoms with Gasteiger partial charge in [0, 0.05) is 36.8 Å². The fourth-order valence-corrected chi connectivity index (χ4v) is 4.57. The van der Waals surface area contributed by atoms with E-state index in [0.717, 1.165) is 11.3 Å². The summed E-state index contributed by atoms with van der Waals surface area (Å²) in [5, 5.41) is 2.62. The third-order valence-electron chi connectivity index (χ3n) is 4.84. The Hall–Kier alpha value is -3.00. The number of carbonyl (C=O) groups is 3. The van der Waals surface area contributed by atoms with E-state index in [1.807, 2.05) is 0 Å². The van der Waals surface area contributed by atoms with Crippen LogP contribution in [-0.2, 0) is 25.8 Å². The van der Waals surface area contributed by atoms with Crippen molar-refractivity contribution in [1.29, 1.82) is 0 Å². The second kappa shape index (κ2) is 8.16. The van der Waals surface area contributed by atoms with Gasteiger partial charge >= 0.3 is 0 Å². The van der Waals surface area contributed by atoms with Crippen molar-refractivity contribution < 1.29 is 22.8 Å². The number of carbonyl (C=O) groups excluding carboxylic acids is 3. The van der Waals surface area contributed by atoms with E-state index in [4.69, 9.17) is 0 Å². The van der Waals surface area contributed by atoms with Crippen LogP contribution in [0.25, 0.3) is 0 Å². The molecule has 0 saturated carbocycles. The van der Waals surface area contributed by atoms with Gasteiger partial charge in [0.2, 0.25) is 11.8 Å². The molecular formula is C21H22N2O5S. The standard InChI is InChI=1S/C21H22N2O5S/c1-14(24)16-4-3-5-18(12-16)22-21(26)9-11-29(27,28)19-6-7-20-17(13-19)8-10-23(20)15(2)25/h3-7,12-13H,8-11H2,1-2H3,(H,22,26). The van der Waals surface area contributed by atoms with Gasteiger partial charge < -0.3 is 10.2 Å². The first-order valence-electron chi connectivity index (χ1n) is 9.22. The van der Waals surface area contributed by atoms with Crippen molar-refractivity contribution in [3.63, 3.8) is 0 Å². The minimum absolute atomic E-state index is 0.0788. The molecule has 1 aliphatic heterocycles. The van der Waals surface area contributed by atoms with E-state index in [-0.39, 0.29) is 28.8 Å². The summed E-state index contributed by atoms with van der Waals surface area (Å²) in [6.07, 6.45) is 0.397. The highest BCUT2D eigenvalue weighted by Crippen LogP contribution is 2.30. The monoisotopic (exact) mass is 414 g/mol. The Labute approximate surface area is 169 Å². The first-order valence-corrected chi connectivity index (χ1v) is 10.9. The van der Waals surface area contributed by atoms with Gasteiger partial charge in [-0.15, -0.1) is 0 Å². The van der Waals surface area contributed by atoms with Crippen LogP contribution in [0, 0.1) is 0 Å². The molecule has 0 spiro atoms. The van der Waals surface area contributed by atoms with Crippen molar-refractivity contribution in [2.75, 3.05) is 22.5 Å². The minimum Gasteiger partial charge on any atom is -0.326 e. The Morgan fingerprint density at radius 3 is 2.52 bits per heavy atom. The van der Waals surface area contributed by atoms with Gasteiger partial charge in [0.25, 0.3) is 0 Å². The average Bonchev–Trinajstić information content (AvgIpc) is 3.10. The summed E-state index contributed by atoms with van der Waals surface area (Å²) in [7, 11) is -3.65. The van der Waals surface area contributed by atoms with Crippen LogP contribution in [0.4, 0.5) is 11.4 Å². The summed E-state index contributed by atoms with van der Waals surface area (Å²) in [4.78, 5) is 37.0. The van der Waals surface area contributed by atoms with Gasteiger partial charge in [-0.25, -0.2) is 8.42 Å². The SMILES string of the molecule is CC(=O)c1cccc(NC(=O)CCS(=O)(=O)c2ccc3c(c2)CCN3C(C)=O)c1. The topological polar surface area (TPSA) is 101 Å². The lowest BCUT2D eigenvalue weighted by Crippen LogP contribution is -2.25. The van der Waals surface area contributed by atoms with E-state index in [0.29, 0.717) is 24.2 Å². The summed E-state index contributed by atoms with van der Waals surface area (Å²) in [6, 6.07) is 11.2. The molecule has 3 rings (SSSR count). The Bertz CT molecular complexity index is 1090. The van der Waals surface area contributed by atoms with Gasteiger partial charge in [-0.3, -0.25) is 14.4 Å². The average molecular weight is 414 g/mol. The molecule has 2 aromatic rings. The van der Waals surface area contributed by atoms with Gasteiger partial charge in [-0.1, -0.05) is 12.1 Å². The Morgan fingerprint density at radius 1 is 1.07 bits per heavy atom. The quantitative estimate of drug-likeness (QED) is 0.733. The third kappa shape index (κ3) is 4.71. The molecule has 8 heteroatoms. The molecule has 2 amide bonds. The predicted molar refractivity (Wildman–Crippen MR) is 110 cm³/mol. The number of amides is 2. The van der Waals surface area contributed by atoms with Crippen LogP contribution in [0.2, 0.25) is 0 Å². The summed E-state index contributed by atoms with van der Waals surface area (Å²) in [6.45, 7) is 3.44. The van der Waals surface area contributed by atoms with Crippen molar-refractivity contribution in [3.8, 4) is 0 Å². The van der Waals surface area contributed by atoms with E-state index in [1.54, 1.807) is 41.3 Å². The molecule has 29 heavy (non-hydrogen) atoms. The molecule has 0 aliphatic carbocycles. The molecule has 1 aliphatic rings. The van der Waals surface area contributed by atoms with E-state index in [9.17, 15) is 22.8 Å². The molecule has 2 aromatic carbocycles. The predicted octanol–water partition coefficient (Wildman–Crippen LogP) is 2.60.